The molecule has 1 fully saturated rings. The topological polar surface area (TPSA) is 35.2 Å². The van der Waals surface area contributed by atoms with E-state index in [1.807, 2.05) is 0 Å². The number of halogens is 3. The molecule has 1 aromatic carbocycles. The Labute approximate surface area is 110 Å². The fourth-order valence-corrected chi connectivity index (χ4v) is 1.90. The highest BCUT2D eigenvalue weighted by Crippen LogP contribution is 2.34. The van der Waals surface area contributed by atoms with Crippen molar-refractivity contribution in [3.05, 3.63) is 29.3 Å². The Balaban J connectivity index is 2.19. The Hall–Kier alpha value is -1.23. The van der Waals surface area contributed by atoms with Crippen molar-refractivity contribution < 1.29 is 17.9 Å². The molecule has 1 saturated carbocycles. The average molecular weight is 273 g/mol. The first-order chi connectivity index (χ1) is 8.86. The summed E-state index contributed by atoms with van der Waals surface area (Å²) >= 11 is 0. The van der Waals surface area contributed by atoms with Crippen molar-refractivity contribution in [1.82, 2.24) is 0 Å². The van der Waals surface area contributed by atoms with E-state index in [4.69, 9.17) is 10.5 Å². The van der Waals surface area contributed by atoms with E-state index in [0.717, 1.165) is 25.0 Å². The van der Waals surface area contributed by atoms with Crippen LogP contribution in [0.15, 0.2) is 18.2 Å². The summed E-state index contributed by atoms with van der Waals surface area (Å²) in [6, 6.07) is 3.41. The molecule has 1 atom stereocenters. The molecule has 1 aliphatic carbocycles. The van der Waals surface area contributed by atoms with Gasteiger partial charge in [-0.25, -0.2) is 0 Å². The van der Waals surface area contributed by atoms with E-state index in [2.05, 4.69) is 0 Å². The Morgan fingerprint density at radius 3 is 2.58 bits per heavy atom. The molecule has 0 radical (unpaired) electrons. The minimum absolute atomic E-state index is 0.202. The van der Waals surface area contributed by atoms with Gasteiger partial charge >= 0.3 is 6.18 Å². The van der Waals surface area contributed by atoms with Gasteiger partial charge in [0.15, 0.2) is 0 Å². The van der Waals surface area contributed by atoms with Crippen LogP contribution >= 0.6 is 0 Å². The lowest BCUT2D eigenvalue weighted by molar-refractivity contribution is -0.137. The Bertz CT molecular complexity index is 439. The zero-order valence-electron chi connectivity index (χ0n) is 10.8. The molecule has 0 aromatic heterocycles. The summed E-state index contributed by atoms with van der Waals surface area (Å²) in [5.74, 6) is 1.09. The number of hydrogen-bond donors (Lipinski definition) is 1. The van der Waals surface area contributed by atoms with Crippen LogP contribution in [0.1, 0.15) is 30.9 Å². The third-order valence-electron chi connectivity index (χ3n) is 3.10. The smallest absolute Gasteiger partial charge is 0.416 e. The fraction of sp³-hybridized carbons (Fsp3) is 0.571. The summed E-state index contributed by atoms with van der Waals surface area (Å²) in [7, 11) is 0. The van der Waals surface area contributed by atoms with Crippen LogP contribution in [0.25, 0.3) is 0 Å². The highest BCUT2D eigenvalue weighted by Gasteiger charge is 2.31. The number of nitrogens with two attached hydrogens (primary N) is 1. The molecule has 0 bridgehead atoms. The molecule has 2 N–H and O–H groups in total. The SMILES string of the molecule is CC(N)Cc1cc(C(F)(F)F)ccc1OCC1CC1. The van der Waals surface area contributed by atoms with E-state index in [1.54, 1.807) is 6.92 Å². The van der Waals surface area contributed by atoms with Crippen LogP contribution in [-0.4, -0.2) is 12.6 Å². The van der Waals surface area contributed by atoms with Crippen LogP contribution < -0.4 is 10.5 Å². The van der Waals surface area contributed by atoms with Crippen molar-refractivity contribution in [1.29, 1.82) is 0 Å². The number of hydrogen-bond acceptors (Lipinski definition) is 2. The van der Waals surface area contributed by atoms with Gasteiger partial charge in [0.2, 0.25) is 0 Å². The molecule has 0 aliphatic heterocycles. The minimum Gasteiger partial charge on any atom is -0.493 e. The molecule has 1 unspecified atom stereocenters. The summed E-state index contributed by atoms with van der Waals surface area (Å²) in [5.41, 5.74) is 5.57. The monoisotopic (exact) mass is 273 g/mol. The summed E-state index contributed by atoms with van der Waals surface area (Å²) in [5, 5.41) is 0. The second kappa shape index (κ2) is 5.41. The zero-order valence-corrected chi connectivity index (χ0v) is 10.8. The Morgan fingerprint density at radius 1 is 1.37 bits per heavy atom. The van der Waals surface area contributed by atoms with Crippen molar-refractivity contribution in [2.24, 2.45) is 11.7 Å². The molecule has 0 amide bonds. The highest BCUT2D eigenvalue weighted by molar-refractivity contribution is 5.39. The molecule has 1 aliphatic rings. The quantitative estimate of drug-likeness (QED) is 0.892. The lowest BCUT2D eigenvalue weighted by Gasteiger charge is -2.15. The summed E-state index contributed by atoms with van der Waals surface area (Å²) in [4.78, 5) is 0. The maximum Gasteiger partial charge on any atom is 0.416 e. The van der Waals surface area contributed by atoms with E-state index in [1.165, 1.54) is 6.07 Å². The minimum atomic E-state index is -4.33. The lowest BCUT2D eigenvalue weighted by atomic mass is 10.0. The van der Waals surface area contributed by atoms with Gasteiger partial charge in [-0.2, -0.15) is 13.2 Å². The standard InChI is InChI=1S/C14H18F3NO/c1-9(18)6-11-7-12(14(15,16)17)4-5-13(11)19-8-10-2-3-10/h4-5,7,9-10H,2-3,6,8,18H2,1H3. The summed E-state index contributed by atoms with van der Waals surface area (Å²) in [6.45, 7) is 2.35. The second-order valence-electron chi connectivity index (χ2n) is 5.26. The van der Waals surface area contributed by atoms with Crippen LogP contribution in [0, 0.1) is 5.92 Å². The maximum atomic E-state index is 12.7. The van der Waals surface area contributed by atoms with E-state index in [-0.39, 0.29) is 6.04 Å². The van der Waals surface area contributed by atoms with Gasteiger partial charge in [-0.3, -0.25) is 0 Å². The zero-order chi connectivity index (χ0) is 14.0. The van der Waals surface area contributed by atoms with E-state index in [0.29, 0.717) is 30.3 Å². The van der Waals surface area contributed by atoms with Gasteiger partial charge in [0.1, 0.15) is 5.75 Å². The molecule has 19 heavy (non-hydrogen) atoms. The number of benzene rings is 1. The van der Waals surface area contributed by atoms with Gasteiger partial charge in [-0.1, -0.05) is 0 Å². The predicted molar refractivity (Wildman–Crippen MR) is 67.0 cm³/mol. The molecular formula is C14H18F3NO. The number of alkyl halides is 3. The summed E-state index contributed by atoms with van der Waals surface area (Å²) < 4.78 is 43.7. The third-order valence-corrected chi connectivity index (χ3v) is 3.10. The maximum absolute atomic E-state index is 12.7. The van der Waals surface area contributed by atoms with E-state index >= 15 is 0 Å². The first-order valence-electron chi connectivity index (χ1n) is 6.45. The van der Waals surface area contributed by atoms with Crippen LogP contribution in [0.2, 0.25) is 0 Å². The van der Waals surface area contributed by atoms with Gasteiger partial charge < -0.3 is 10.5 Å². The molecule has 5 heteroatoms. The van der Waals surface area contributed by atoms with Crippen LogP contribution in [0.4, 0.5) is 13.2 Å². The van der Waals surface area contributed by atoms with Crippen molar-refractivity contribution in [3.63, 3.8) is 0 Å². The molecule has 0 saturated heterocycles. The number of ether oxygens (including phenoxy) is 1. The van der Waals surface area contributed by atoms with Crippen molar-refractivity contribution in [3.8, 4) is 5.75 Å². The van der Waals surface area contributed by atoms with Crippen LogP contribution in [0.3, 0.4) is 0 Å². The molecular weight excluding hydrogens is 255 g/mol. The molecule has 2 nitrogen and oxygen atoms in total. The highest BCUT2D eigenvalue weighted by atomic mass is 19.4. The second-order valence-corrected chi connectivity index (χ2v) is 5.26. The first kappa shape index (κ1) is 14.2. The molecule has 0 heterocycles. The molecule has 0 spiro atoms. The number of rotatable bonds is 5. The lowest BCUT2D eigenvalue weighted by Crippen LogP contribution is -2.19. The molecule has 1 aromatic rings. The third kappa shape index (κ3) is 4.13. The molecule has 2 rings (SSSR count). The van der Waals surface area contributed by atoms with Crippen LogP contribution in [0.5, 0.6) is 5.75 Å². The Morgan fingerprint density at radius 2 is 2.05 bits per heavy atom. The van der Waals surface area contributed by atoms with E-state index in [9.17, 15) is 13.2 Å². The van der Waals surface area contributed by atoms with Gasteiger partial charge in [0, 0.05) is 6.04 Å². The van der Waals surface area contributed by atoms with Crippen LogP contribution in [-0.2, 0) is 12.6 Å². The van der Waals surface area contributed by atoms with Crippen molar-refractivity contribution in [2.45, 2.75) is 38.4 Å². The summed E-state index contributed by atoms with van der Waals surface area (Å²) in [6.07, 6.45) is -1.67. The normalized spacial score (nSPS) is 17.3. The molecule has 106 valence electrons. The predicted octanol–water partition coefficient (Wildman–Crippen LogP) is 3.38. The largest absolute Gasteiger partial charge is 0.493 e. The van der Waals surface area contributed by atoms with Gasteiger partial charge in [0.05, 0.1) is 12.2 Å². The van der Waals surface area contributed by atoms with E-state index < -0.39 is 11.7 Å². The first-order valence-corrected chi connectivity index (χ1v) is 6.45. The Kier molecular flexibility index (Phi) is 4.04. The fourth-order valence-electron chi connectivity index (χ4n) is 1.90. The van der Waals surface area contributed by atoms with Crippen molar-refractivity contribution >= 4 is 0 Å². The average Bonchev–Trinajstić information content (AvgIpc) is 3.09. The van der Waals surface area contributed by atoms with Crippen molar-refractivity contribution in [2.75, 3.05) is 6.61 Å². The van der Waals surface area contributed by atoms with Gasteiger partial charge in [-0.15, -0.1) is 0 Å². The van der Waals surface area contributed by atoms with Gasteiger partial charge in [-0.05, 0) is 55.9 Å². The van der Waals surface area contributed by atoms with Gasteiger partial charge in [0.25, 0.3) is 0 Å².